The standard InChI is InChI=1S/C26H30N4O2/c1-19-5-8-22(9-6-19)18-26(32)29-14-4-13-28(15-16-29)24-11-12-25(31)30(27-24)23-10-7-20(2)21(3)17-23/h5-12,17H,4,13-16,18H2,1-3H3. The Hall–Kier alpha value is -3.41. The molecule has 0 aliphatic carbocycles. The average Bonchev–Trinajstić information content (AvgIpc) is 3.04. The van der Waals surface area contributed by atoms with E-state index in [1.807, 2.05) is 61.2 Å². The molecule has 0 saturated carbocycles. The van der Waals surface area contributed by atoms with Crippen LogP contribution in [0.15, 0.2) is 59.4 Å². The van der Waals surface area contributed by atoms with Gasteiger partial charge in [0.15, 0.2) is 0 Å². The van der Waals surface area contributed by atoms with E-state index < -0.39 is 0 Å². The van der Waals surface area contributed by atoms with Crippen molar-refractivity contribution >= 4 is 11.7 Å². The number of anilines is 1. The molecule has 1 saturated heterocycles. The maximum atomic E-state index is 12.8. The van der Waals surface area contributed by atoms with Gasteiger partial charge in [-0.15, -0.1) is 5.10 Å². The molecule has 1 aliphatic rings. The number of aryl methyl sites for hydroxylation is 3. The van der Waals surface area contributed by atoms with E-state index in [0.717, 1.165) is 42.1 Å². The molecular formula is C26H30N4O2. The predicted molar refractivity (Wildman–Crippen MR) is 128 cm³/mol. The van der Waals surface area contributed by atoms with Gasteiger partial charge in [-0.05, 0) is 62.1 Å². The molecule has 2 aromatic carbocycles. The highest BCUT2D eigenvalue weighted by molar-refractivity contribution is 5.79. The Bertz CT molecular complexity index is 1170. The quantitative estimate of drug-likeness (QED) is 0.636. The normalized spacial score (nSPS) is 14.3. The number of hydrogen-bond donors (Lipinski definition) is 0. The molecule has 2 heterocycles. The van der Waals surface area contributed by atoms with Gasteiger partial charge in [-0.25, -0.2) is 0 Å². The van der Waals surface area contributed by atoms with Crippen LogP contribution in [0.25, 0.3) is 5.69 Å². The van der Waals surface area contributed by atoms with Gasteiger partial charge < -0.3 is 9.80 Å². The maximum Gasteiger partial charge on any atom is 0.271 e. The van der Waals surface area contributed by atoms with Crippen molar-refractivity contribution in [3.63, 3.8) is 0 Å². The summed E-state index contributed by atoms with van der Waals surface area (Å²) in [6, 6.07) is 17.4. The number of rotatable bonds is 4. The van der Waals surface area contributed by atoms with E-state index in [1.54, 1.807) is 12.1 Å². The van der Waals surface area contributed by atoms with Crippen molar-refractivity contribution in [2.75, 3.05) is 31.1 Å². The molecule has 0 N–H and O–H groups in total. The zero-order chi connectivity index (χ0) is 22.7. The molecule has 6 nitrogen and oxygen atoms in total. The van der Waals surface area contributed by atoms with Gasteiger partial charge in [-0.3, -0.25) is 9.59 Å². The van der Waals surface area contributed by atoms with Crippen LogP contribution < -0.4 is 10.5 Å². The van der Waals surface area contributed by atoms with Crippen molar-refractivity contribution < 1.29 is 4.79 Å². The largest absolute Gasteiger partial charge is 0.353 e. The van der Waals surface area contributed by atoms with Crippen LogP contribution in [0, 0.1) is 20.8 Å². The van der Waals surface area contributed by atoms with Crippen molar-refractivity contribution in [1.82, 2.24) is 14.7 Å². The van der Waals surface area contributed by atoms with E-state index in [0.29, 0.717) is 19.5 Å². The van der Waals surface area contributed by atoms with Crippen molar-refractivity contribution in [2.24, 2.45) is 0 Å². The van der Waals surface area contributed by atoms with Gasteiger partial charge in [-0.2, -0.15) is 4.68 Å². The fourth-order valence-corrected chi connectivity index (χ4v) is 4.00. The van der Waals surface area contributed by atoms with Gasteiger partial charge in [0.05, 0.1) is 12.1 Å². The number of nitrogens with zero attached hydrogens (tertiary/aromatic N) is 4. The minimum atomic E-state index is -0.151. The Morgan fingerprint density at radius 2 is 1.66 bits per heavy atom. The van der Waals surface area contributed by atoms with Crippen LogP contribution in [0.1, 0.15) is 28.7 Å². The summed E-state index contributed by atoms with van der Waals surface area (Å²) in [6.07, 6.45) is 1.29. The molecule has 0 atom stereocenters. The molecule has 0 bridgehead atoms. The minimum absolute atomic E-state index is 0.151. The van der Waals surface area contributed by atoms with E-state index in [-0.39, 0.29) is 11.5 Å². The second-order valence-electron chi connectivity index (χ2n) is 8.59. The smallest absolute Gasteiger partial charge is 0.271 e. The molecule has 3 aromatic rings. The Kier molecular flexibility index (Phi) is 6.40. The fraction of sp³-hybridized carbons (Fsp3) is 0.346. The molecule has 0 radical (unpaired) electrons. The number of aromatic nitrogens is 2. The summed E-state index contributed by atoms with van der Waals surface area (Å²) < 4.78 is 1.47. The van der Waals surface area contributed by atoms with Crippen LogP contribution >= 0.6 is 0 Å². The Labute approximate surface area is 189 Å². The maximum absolute atomic E-state index is 12.8. The van der Waals surface area contributed by atoms with Crippen LogP contribution in [0.3, 0.4) is 0 Å². The molecule has 0 spiro atoms. The first kappa shape index (κ1) is 21.8. The Morgan fingerprint density at radius 3 is 2.41 bits per heavy atom. The molecule has 1 amide bonds. The van der Waals surface area contributed by atoms with Gasteiger partial charge in [-0.1, -0.05) is 35.9 Å². The molecule has 1 aromatic heterocycles. The summed E-state index contributed by atoms with van der Waals surface area (Å²) >= 11 is 0. The van der Waals surface area contributed by atoms with Crippen molar-refractivity contribution in [1.29, 1.82) is 0 Å². The first-order valence-electron chi connectivity index (χ1n) is 11.2. The van der Waals surface area contributed by atoms with Gasteiger partial charge in [0.25, 0.3) is 5.56 Å². The monoisotopic (exact) mass is 430 g/mol. The summed E-state index contributed by atoms with van der Waals surface area (Å²) in [4.78, 5) is 29.4. The van der Waals surface area contributed by atoms with E-state index >= 15 is 0 Å². The summed E-state index contributed by atoms with van der Waals surface area (Å²) in [5.41, 5.74) is 5.16. The third kappa shape index (κ3) is 4.90. The average molecular weight is 431 g/mol. The summed E-state index contributed by atoms with van der Waals surface area (Å²) in [7, 11) is 0. The molecule has 166 valence electrons. The SMILES string of the molecule is Cc1ccc(CC(=O)N2CCCN(c3ccc(=O)n(-c4ccc(C)c(C)c4)n3)CC2)cc1. The van der Waals surface area contributed by atoms with E-state index in [1.165, 1.54) is 15.8 Å². The summed E-state index contributed by atoms with van der Waals surface area (Å²) in [6.45, 7) is 9.00. The highest BCUT2D eigenvalue weighted by Crippen LogP contribution is 2.16. The molecular weight excluding hydrogens is 400 g/mol. The number of carbonyl (C=O) groups is 1. The second kappa shape index (κ2) is 9.39. The Balaban J connectivity index is 1.47. The molecule has 4 rings (SSSR count). The number of carbonyl (C=O) groups excluding carboxylic acids is 1. The highest BCUT2D eigenvalue weighted by Gasteiger charge is 2.20. The lowest BCUT2D eigenvalue weighted by molar-refractivity contribution is -0.130. The zero-order valence-corrected chi connectivity index (χ0v) is 19.0. The molecule has 1 fully saturated rings. The highest BCUT2D eigenvalue weighted by atomic mass is 16.2. The minimum Gasteiger partial charge on any atom is -0.353 e. The molecule has 32 heavy (non-hydrogen) atoms. The van der Waals surface area contributed by atoms with Crippen LogP contribution in [0.4, 0.5) is 5.82 Å². The van der Waals surface area contributed by atoms with E-state index in [2.05, 4.69) is 16.9 Å². The lowest BCUT2D eigenvalue weighted by Crippen LogP contribution is -2.36. The predicted octanol–water partition coefficient (Wildman–Crippen LogP) is 3.44. The molecule has 1 aliphatic heterocycles. The van der Waals surface area contributed by atoms with Crippen LogP contribution in [0.2, 0.25) is 0 Å². The first-order valence-corrected chi connectivity index (χ1v) is 11.2. The summed E-state index contributed by atoms with van der Waals surface area (Å²) in [5, 5.41) is 4.65. The lowest BCUT2D eigenvalue weighted by atomic mass is 10.1. The first-order chi connectivity index (χ1) is 15.4. The van der Waals surface area contributed by atoms with E-state index in [4.69, 9.17) is 0 Å². The number of hydrogen-bond acceptors (Lipinski definition) is 4. The van der Waals surface area contributed by atoms with Crippen molar-refractivity contribution in [2.45, 2.75) is 33.6 Å². The van der Waals surface area contributed by atoms with Gasteiger partial charge >= 0.3 is 0 Å². The number of benzene rings is 2. The summed E-state index contributed by atoms with van der Waals surface area (Å²) in [5.74, 6) is 0.916. The lowest BCUT2D eigenvalue weighted by Gasteiger charge is -2.23. The van der Waals surface area contributed by atoms with E-state index in [9.17, 15) is 9.59 Å². The van der Waals surface area contributed by atoms with Crippen molar-refractivity contribution in [3.8, 4) is 5.69 Å². The third-order valence-electron chi connectivity index (χ3n) is 6.17. The number of amides is 1. The van der Waals surface area contributed by atoms with Gasteiger partial charge in [0.2, 0.25) is 5.91 Å². The van der Waals surface area contributed by atoms with Crippen LogP contribution in [-0.2, 0) is 11.2 Å². The van der Waals surface area contributed by atoms with Crippen molar-refractivity contribution in [3.05, 3.63) is 87.2 Å². The Morgan fingerprint density at radius 1 is 0.875 bits per heavy atom. The van der Waals surface area contributed by atoms with Gasteiger partial charge in [0.1, 0.15) is 5.82 Å². The topological polar surface area (TPSA) is 58.4 Å². The van der Waals surface area contributed by atoms with Crippen LogP contribution in [-0.4, -0.2) is 46.8 Å². The zero-order valence-electron chi connectivity index (χ0n) is 19.0. The van der Waals surface area contributed by atoms with Crippen LogP contribution in [0.5, 0.6) is 0 Å². The fourth-order valence-electron chi connectivity index (χ4n) is 4.00. The third-order valence-corrected chi connectivity index (χ3v) is 6.17. The molecule has 6 heteroatoms. The van der Waals surface area contributed by atoms with Gasteiger partial charge in [0, 0.05) is 32.2 Å². The molecule has 0 unspecified atom stereocenters. The second-order valence-corrected chi connectivity index (χ2v) is 8.59.